The van der Waals surface area contributed by atoms with Gasteiger partial charge < -0.3 is 15.3 Å². The van der Waals surface area contributed by atoms with E-state index in [1.807, 2.05) is 0 Å². The molecule has 0 bridgehead atoms. The van der Waals surface area contributed by atoms with E-state index < -0.39 is 23.3 Å². The SMILES string of the molecule is CC1(C)C(=O)NCCN1C(=O)[C@@H]1CCCC[C@@H]1C(=O)O. The standard InChI is InChI=1S/C14H22N2O4/c1-14(2)13(20)15-7-8-16(14)11(17)9-5-3-4-6-10(9)12(18)19/h9-10H,3-8H2,1-2H3,(H,15,20)(H,18,19)/t9-,10+/m1/s1. The van der Waals surface area contributed by atoms with Gasteiger partial charge in [-0.2, -0.15) is 0 Å². The van der Waals surface area contributed by atoms with Crippen LogP contribution in [0, 0.1) is 11.8 Å². The molecule has 1 aliphatic carbocycles. The molecule has 2 amide bonds. The molecule has 2 N–H and O–H groups in total. The number of amides is 2. The van der Waals surface area contributed by atoms with Gasteiger partial charge in [-0.1, -0.05) is 12.8 Å². The number of nitrogens with zero attached hydrogens (tertiary/aromatic N) is 1. The first kappa shape index (κ1) is 14.8. The lowest BCUT2D eigenvalue weighted by Crippen LogP contribution is -2.64. The van der Waals surface area contributed by atoms with E-state index in [0.29, 0.717) is 25.9 Å². The van der Waals surface area contributed by atoms with Crippen LogP contribution in [0.5, 0.6) is 0 Å². The van der Waals surface area contributed by atoms with Crippen molar-refractivity contribution in [3.05, 3.63) is 0 Å². The predicted octanol–water partition coefficient (Wildman–Crippen LogP) is 0.614. The Morgan fingerprint density at radius 3 is 2.45 bits per heavy atom. The van der Waals surface area contributed by atoms with Gasteiger partial charge in [0.15, 0.2) is 0 Å². The molecule has 2 aliphatic rings. The lowest BCUT2D eigenvalue weighted by molar-refractivity contribution is -0.159. The lowest BCUT2D eigenvalue weighted by Gasteiger charge is -2.44. The van der Waals surface area contributed by atoms with Crippen molar-refractivity contribution in [2.24, 2.45) is 11.8 Å². The highest BCUT2D eigenvalue weighted by molar-refractivity contribution is 5.93. The molecule has 2 rings (SSSR count). The summed E-state index contributed by atoms with van der Waals surface area (Å²) in [4.78, 5) is 37.5. The minimum absolute atomic E-state index is 0.181. The van der Waals surface area contributed by atoms with Crippen LogP contribution in [0.4, 0.5) is 0 Å². The van der Waals surface area contributed by atoms with Gasteiger partial charge in [0.1, 0.15) is 5.54 Å². The quantitative estimate of drug-likeness (QED) is 0.777. The summed E-state index contributed by atoms with van der Waals surface area (Å²) in [6.45, 7) is 4.29. The van der Waals surface area contributed by atoms with Gasteiger partial charge in [0.25, 0.3) is 0 Å². The Labute approximate surface area is 118 Å². The van der Waals surface area contributed by atoms with Crippen molar-refractivity contribution >= 4 is 17.8 Å². The smallest absolute Gasteiger partial charge is 0.307 e. The fraction of sp³-hybridized carbons (Fsp3) is 0.786. The zero-order valence-electron chi connectivity index (χ0n) is 12.0. The topological polar surface area (TPSA) is 86.7 Å². The fourth-order valence-corrected chi connectivity index (χ4v) is 3.21. The number of hydrogen-bond acceptors (Lipinski definition) is 3. The zero-order chi connectivity index (χ0) is 14.9. The molecule has 1 aliphatic heterocycles. The van der Waals surface area contributed by atoms with Crippen molar-refractivity contribution in [3.63, 3.8) is 0 Å². The maximum Gasteiger partial charge on any atom is 0.307 e. The van der Waals surface area contributed by atoms with Gasteiger partial charge in [0.05, 0.1) is 11.8 Å². The van der Waals surface area contributed by atoms with Crippen LogP contribution < -0.4 is 5.32 Å². The molecule has 1 saturated heterocycles. The molecule has 0 aromatic rings. The third-order valence-corrected chi connectivity index (χ3v) is 4.52. The average Bonchev–Trinajstić information content (AvgIpc) is 2.41. The maximum absolute atomic E-state index is 12.7. The normalized spacial score (nSPS) is 29.7. The molecular formula is C14H22N2O4. The average molecular weight is 282 g/mol. The number of piperazine rings is 1. The van der Waals surface area contributed by atoms with Gasteiger partial charge in [-0.05, 0) is 26.7 Å². The largest absolute Gasteiger partial charge is 0.481 e. The van der Waals surface area contributed by atoms with Gasteiger partial charge >= 0.3 is 5.97 Å². The van der Waals surface area contributed by atoms with Crippen LogP contribution in [0.2, 0.25) is 0 Å². The highest BCUT2D eigenvalue weighted by Crippen LogP contribution is 2.33. The van der Waals surface area contributed by atoms with E-state index in [9.17, 15) is 19.5 Å². The molecule has 0 aromatic carbocycles. The van der Waals surface area contributed by atoms with E-state index in [4.69, 9.17) is 0 Å². The Kier molecular flexibility index (Phi) is 4.01. The van der Waals surface area contributed by atoms with Crippen LogP contribution in [0.25, 0.3) is 0 Å². The van der Waals surface area contributed by atoms with Crippen molar-refractivity contribution in [2.75, 3.05) is 13.1 Å². The molecule has 20 heavy (non-hydrogen) atoms. The van der Waals surface area contributed by atoms with Crippen LogP contribution in [0.15, 0.2) is 0 Å². The summed E-state index contributed by atoms with van der Waals surface area (Å²) in [5.74, 6) is -2.37. The Morgan fingerprint density at radius 1 is 1.25 bits per heavy atom. The van der Waals surface area contributed by atoms with Gasteiger partial charge in [0.2, 0.25) is 11.8 Å². The minimum atomic E-state index is -0.907. The predicted molar refractivity (Wildman–Crippen MR) is 71.9 cm³/mol. The number of hydrogen-bond donors (Lipinski definition) is 2. The molecule has 1 saturated carbocycles. The molecule has 2 fully saturated rings. The summed E-state index contributed by atoms with van der Waals surface area (Å²) < 4.78 is 0. The Hall–Kier alpha value is -1.59. The number of carboxylic acid groups (broad SMARTS) is 1. The fourth-order valence-electron chi connectivity index (χ4n) is 3.21. The van der Waals surface area contributed by atoms with Crippen LogP contribution in [0.1, 0.15) is 39.5 Å². The highest BCUT2D eigenvalue weighted by atomic mass is 16.4. The minimum Gasteiger partial charge on any atom is -0.481 e. The molecule has 2 atom stereocenters. The first-order valence-corrected chi connectivity index (χ1v) is 7.18. The van der Waals surface area contributed by atoms with Crippen LogP contribution in [-0.2, 0) is 14.4 Å². The molecule has 1 heterocycles. The summed E-state index contributed by atoms with van der Waals surface area (Å²) in [7, 11) is 0. The van der Waals surface area contributed by atoms with Crippen LogP contribution in [-0.4, -0.2) is 46.4 Å². The van der Waals surface area contributed by atoms with Gasteiger partial charge in [-0.3, -0.25) is 14.4 Å². The molecule has 6 nitrogen and oxygen atoms in total. The first-order chi connectivity index (χ1) is 9.35. The third-order valence-electron chi connectivity index (χ3n) is 4.52. The van der Waals surface area contributed by atoms with E-state index in [1.165, 1.54) is 0 Å². The number of rotatable bonds is 2. The zero-order valence-corrected chi connectivity index (χ0v) is 12.0. The Bertz CT molecular complexity index is 433. The second kappa shape index (κ2) is 5.42. The molecule has 0 unspecified atom stereocenters. The summed E-state index contributed by atoms with van der Waals surface area (Å²) >= 11 is 0. The van der Waals surface area contributed by atoms with Crippen molar-refractivity contribution in [3.8, 4) is 0 Å². The Balaban J connectivity index is 2.20. The number of carboxylic acids is 1. The van der Waals surface area contributed by atoms with Crippen molar-refractivity contribution < 1.29 is 19.5 Å². The number of carbonyl (C=O) groups is 3. The maximum atomic E-state index is 12.7. The van der Waals surface area contributed by atoms with E-state index in [0.717, 1.165) is 12.8 Å². The van der Waals surface area contributed by atoms with E-state index in [1.54, 1.807) is 18.7 Å². The lowest BCUT2D eigenvalue weighted by atomic mass is 9.77. The summed E-state index contributed by atoms with van der Waals surface area (Å²) in [6.07, 6.45) is 2.88. The van der Waals surface area contributed by atoms with E-state index in [2.05, 4.69) is 5.32 Å². The van der Waals surface area contributed by atoms with Crippen molar-refractivity contribution in [1.82, 2.24) is 10.2 Å². The first-order valence-electron chi connectivity index (χ1n) is 7.18. The summed E-state index contributed by atoms with van der Waals surface area (Å²) in [5.41, 5.74) is -0.907. The van der Waals surface area contributed by atoms with E-state index >= 15 is 0 Å². The Morgan fingerprint density at radius 2 is 1.85 bits per heavy atom. The molecule has 6 heteroatoms. The van der Waals surface area contributed by atoms with Gasteiger partial charge in [-0.25, -0.2) is 0 Å². The molecule has 0 aromatic heterocycles. The summed E-state index contributed by atoms with van der Waals surface area (Å²) in [5, 5.41) is 12.0. The van der Waals surface area contributed by atoms with Crippen LogP contribution >= 0.6 is 0 Å². The second-order valence-electron chi connectivity index (χ2n) is 6.14. The van der Waals surface area contributed by atoms with Crippen molar-refractivity contribution in [2.45, 2.75) is 45.1 Å². The van der Waals surface area contributed by atoms with Gasteiger partial charge in [0, 0.05) is 13.1 Å². The number of carbonyl (C=O) groups excluding carboxylic acids is 2. The molecule has 0 radical (unpaired) electrons. The number of nitrogens with one attached hydrogen (secondary N) is 1. The third kappa shape index (κ3) is 2.51. The molecular weight excluding hydrogens is 260 g/mol. The molecule has 0 spiro atoms. The van der Waals surface area contributed by atoms with Gasteiger partial charge in [-0.15, -0.1) is 0 Å². The number of aliphatic carboxylic acids is 1. The van der Waals surface area contributed by atoms with E-state index in [-0.39, 0.29) is 11.8 Å². The summed E-state index contributed by atoms with van der Waals surface area (Å²) in [6, 6.07) is 0. The molecule has 112 valence electrons. The van der Waals surface area contributed by atoms with Crippen LogP contribution in [0.3, 0.4) is 0 Å². The monoisotopic (exact) mass is 282 g/mol. The highest BCUT2D eigenvalue weighted by Gasteiger charge is 2.45. The second-order valence-corrected chi connectivity index (χ2v) is 6.14. The van der Waals surface area contributed by atoms with Crippen molar-refractivity contribution in [1.29, 1.82) is 0 Å².